The zero-order chi connectivity index (χ0) is 23.8. The lowest BCUT2D eigenvalue weighted by molar-refractivity contribution is -0.125. The van der Waals surface area contributed by atoms with E-state index in [1.54, 1.807) is 12.1 Å². The highest BCUT2D eigenvalue weighted by Crippen LogP contribution is 2.31. The maximum atomic E-state index is 15.6. The Morgan fingerprint density at radius 3 is 2.82 bits per heavy atom. The summed E-state index contributed by atoms with van der Waals surface area (Å²) in [4.78, 5) is 34.4. The molecule has 34 heavy (non-hydrogen) atoms. The van der Waals surface area contributed by atoms with E-state index < -0.39 is 11.9 Å². The first-order chi connectivity index (χ1) is 16.5. The molecule has 5 rings (SSSR count). The summed E-state index contributed by atoms with van der Waals surface area (Å²) in [6, 6.07) is 3.10. The van der Waals surface area contributed by atoms with Gasteiger partial charge >= 0.3 is 0 Å². The number of hydrogen-bond acceptors (Lipinski definition) is 5. The zero-order valence-electron chi connectivity index (χ0n) is 19.5. The molecule has 2 atom stereocenters. The molecule has 7 nitrogen and oxygen atoms in total. The van der Waals surface area contributed by atoms with E-state index in [4.69, 9.17) is 0 Å². The summed E-state index contributed by atoms with van der Waals surface area (Å²) in [5, 5.41) is 6.31. The molecule has 0 saturated heterocycles. The van der Waals surface area contributed by atoms with E-state index in [0.29, 0.717) is 23.2 Å². The molecule has 0 spiro atoms. The number of aromatic nitrogens is 2. The molecular weight excluding hydrogens is 433 g/mol. The first-order valence-electron chi connectivity index (χ1n) is 12.0. The van der Waals surface area contributed by atoms with Gasteiger partial charge in [-0.3, -0.25) is 14.5 Å². The Kier molecular flexibility index (Phi) is 6.08. The fraction of sp³-hybridized carbons (Fsp3) is 0.423. The van der Waals surface area contributed by atoms with Crippen molar-refractivity contribution in [1.29, 1.82) is 0 Å². The van der Waals surface area contributed by atoms with Crippen molar-refractivity contribution in [1.82, 2.24) is 25.5 Å². The highest BCUT2D eigenvalue weighted by Gasteiger charge is 2.36. The second-order valence-electron chi connectivity index (χ2n) is 9.25. The number of aromatic amines is 1. The summed E-state index contributed by atoms with van der Waals surface area (Å²) in [6.45, 7) is 5.00. The number of nitrogens with zero attached hydrogens (tertiary/aromatic N) is 2. The van der Waals surface area contributed by atoms with E-state index in [-0.39, 0.29) is 35.6 Å². The summed E-state index contributed by atoms with van der Waals surface area (Å²) >= 11 is 0. The van der Waals surface area contributed by atoms with Gasteiger partial charge in [-0.1, -0.05) is 25.1 Å². The van der Waals surface area contributed by atoms with E-state index in [0.717, 1.165) is 31.4 Å². The number of carbonyl (C=O) groups is 1. The summed E-state index contributed by atoms with van der Waals surface area (Å²) in [7, 11) is 0. The molecule has 3 heterocycles. The fourth-order valence-corrected chi connectivity index (χ4v) is 4.76. The topological polar surface area (TPSA) is 90.1 Å². The van der Waals surface area contributed by atoms with Gasteiger partial charge in [-0.25, -0.2) is 9.37 Å². The molecule has 2 aliphatic heterocycles. The third-order valence-corrected chi connectivity index (χ3v) is 6.91. The number of aryl methyl sites for hydroxylation is 1. The molecule has 1 aromatic heterocycles. The van der Waals surface area contributed by atoms with Gasteiger partial charge in [-0.2, -0.15) is 0 Å². The molecule has 1 saturated carbocycles. The van der Waals surface area contributed by atoms with Crippen LogP contribution in [0.15, 0.2) is 52.5 Å². The second-order valence-corrected chi connectivity index (χ2v) is 9.25. The van der Waals surface area contributed by atoms with E-state index >= 15 is 4.39 Å². The first kappa shape index (κ1) is 22.5. The quantitative estimate of drug-likeness (QED) is 0.635. The van der Waals surface area contributed by atoms with Gasteiger partial charge in [0.05, 0.1) is 5.52 Å². The molecule has 0 radical (unpaired) electrons. The average molecular weight is 464 g/mol. The Bertz CT molecular complexity index is 1270. The Balaban J connectivity index is 1.52. The number of hydrogen-bond donors (Lipinski definition) is 3. The van der Waals surface area contributed by atoms with Crippen LogP contribution in [0, 0.1) is 5.82 Å². The smallest absolute Gasteiger partial charge is 0.270 e. The number of carbonyl (C=O) groups excluding carboxylic acids is 1. The van der Waals surface area contributed by atoms with Gasteiger partial charge in [0.25, 0.3) is 5.56 Å². The van der Waals surface area contributed by atoms with Crippen LogP contribution < -0.4 is 16.2 Å². The standard InChI is InChI=1S/C26H30FN5O2/c1-3-20-25(33)31-24-21(30-20)8-4-17(23(24)27)14-32-15(2)19(16-10-12-28-13-11-16)7-9-22(32)26(34)29-18-5-6-18/h4,7-10,12,15,18,22,28H,3,5-6,11,13-14H2,1-2H3,(H,29,34)(H,31,33). The van der Waals surface area contributed by atoms with Crippen molar-refractivity contribution in [2.24, 2.45) is 0 Å². The lowest BCUT2D eigenvalue weighted by atomic mass is 9.90. The van der Waals surface area contributed by atoms with Crippen LogP contribution >= 0.6 is 0 Å². The molecule has 1 amide bonds. The summed E-state index contributed by atoms with van der Waals surface area (Å²) in [5.74, 6) is -0.553. The van der Waals surface area contributed by atoms with E-state index in [9.17, 15) is 9.59 Å². The van der Waals surface area contributed by atoms with E-state index in [1.165, 1.54) is 5.57 Å². The van der Waals surface area contributed by atoms with Gasteiger partial charge in [0, 0.05) is 30.7 Å². The number of nitrogens with one attached hydrogen (secondary N) is 3. The minimum Gasteiger partial charge on any atom is -0.391 e. The summed E-state index contributed by atoms with van der Waals surface area (Å²) in [5.41, 5.74) is 3.33. The van der Waals surface area contributed by atoms with Gasteiger partial charge in [0.15, 0.2) is 5.82 Å². The Morgan fingerprint density at radius 1 is 1.29 bits per heavy atom. The van der Waals surface area contributed by atoms with Gasteiger partial charge in [0.1, 0.15) is 17.3 Å². The van der Waals surface area contributed by atoms with Crippen molar-refractivity contribution < 1.29 is 9.18 Å². The number of allylic oxidation sites excluding steroid dienone is 1. The van der Waals surface area contributed by atoms with Gasteiger partial charge in [-0.05, 0) is 62.1 Å². The predicted octanol–water partition coefficient (Wildman–Crippen LogP) is 2.84. The molecule has 8 heteroatoms. The number of H-pyrrole nitrogens is 1. The van der Waals surface area contributed by atoms with Gasteiger partial charge < -0.3 is 15.6 Å². The van der Waals surface area contributed by atoms with Crippen molar-refractivity contribution in [2.45, 2.75) is 64.2 Å². The van der Waals surface area contributed by atoms with Gasteiger partial charge in [0.2, 0.25) is 5.91 Å². The molecule has 2 unspecified atom stereocenters. The van der Waals surface area contributed by atoms with Crippen LogP contribution in [-0.4, -0.2) is 45.4 Å². The Hall–Kier alpha value is -3.26. The van der Waals surface area contributed by atoms with Crippen LogP contribution in [0.25, 0.3) is 11.0 Å². The van der Waals surface area contributed by atoms with Crippen molar-refractivity contribution in [2.75, 3.05) is 6.54 Å². The molecule has 2 aromatic rings. The Morgan fingerprint density at radius 2 is 2.12 bits per heavy atom. The van der Waals surface area contributed by atoms with Gasteiger partial charge in [-0.15, -0.1) is 0 Å². The third-order valence-electron chi connectivity index (χ3n) is 6.91. The van der Waals surface area contributed by atoms with Crippen molar-refractivity contribution in [3.8, 4) is 0 Å². The highest BCUT2D eigenvalue weighted by atomic mass is 19.1. The molecule has 1 aromatic carbocycles. The molecule has 1 fully saturated rings. The molecule has 0 bridgehead atoms. The number of benzene rings is 1. The summed E-state index contributed by atoms with van der Waals surface area (Å²) in [6.07, 6.45) is 11.4. The van der Waals surface area contributed by atoms with Crippen molar-refractivity contribution >= 4 is 16.9 Å². The number of halogens is 1. The van der Waals surface area contributed by atoms with Crippen LogP contribution in [0.3, 0.4) is 0 Å². The number of fused-ring (bicyclic) bond motifs is 1. The van der Waals surface area contributed by atoms with Crippen LogP contribution in [-0.2, 0) is 17.8 Å². The van der Waals surface area contributed by atoms with Crippen LogP contribution in [0.4, 0.5) is 4.39 Å². The van der Waals surface area contributed by atoms with Crippen LogP contribution in [0.5, 0.6) is 0 Å². The largest absolute Gasteiger partial charge is 0.391 e. The second kappa shape index (κ2) is 9.18. The lowest BCUT2D eigenvalue weighted by Crippen LogP contribution is -2.52. The predicted molar refractivity (Wildman–Crippen MR) is 130 cm³/mol. The van der Waals surface area contributed by atoms with Crippen molar-refractivity contribution in [3.05, 3.63) is 75.1 Å². The Labute approximate surface area is 197 Å². The first-order valence-corrected chi connectivity index (χ1v) is 12.0. The van der Waals surface area contributed by atoms with Crippen molar-refractivity contribution in [3.63, 3.8) is 0 Å². The normalized spacial score (nSPS) is 24.9. The van der Waals surface area contributed by atoms with E-state index in [1.807, 2.05) is 30.2 Å². The van der Waals surface area contributed by atoms with Crippen LogP contribution in [0.2, 0.25) is 0 Å². The highest BCUT2D eigenvalue weighted by molar-refractivity contribution is 5.85. The maximum Gasteiger partial charge on any atom is 0.270 e. The minimum atomic E-state index is -0.500. The monoisotopic (exact) mass is 463 g/mol. The fourth-order valence-electron chi connectivity index (χ4n) is 4.76. The molecule has 1 aliphatic carbocycles. The number of rotatable bonds is 5. The van der Waals surface area contributed by atoms with E-state index in [2.05, 4.69) is 33.6 Å². The average Bonchev–Trinajstić information content (AvgIpc) is 3.66. The maximum absolute atomic E-state index is 15.6. The summed E-state index contributed by atoms with van der Waals surface area (Å²) < 4.78 is 15.6. The van der Waals surface area contributed by atoms with Crippen LogP contribution in [0.1, 0.15) is 44.4 Å². The molecule has 3 N–H and O–H groups in total. The third kappa shape index (κ3) is 4.30. The SMILES string of the molecule is CCc1nc2ccc(CN3C(C)C(=C4C=CNCC4)C=CC3C(=O)NC3CC3)c(F)c2[nH]c1=O. The lowest BCUT2D eigenvalue weighted by Gasteiger charge is -2.39. The zero-order valence-corrected chi connectivity index (χ0v) is 19.5. The molecular formula is C26H30FN5O2. The molecule has 178 valence electrons. The molecule has 3 aliphatic rings. The minimum absolute atomic E-state index is 0.0561. The number of amides is 1.